The molecular formula is C10H12ClN5O3. The van der Waals surface area contributed by atoms with Crippen LogP contribution in [0.1, 0.15) is 11.8 Å². The Hall–Kier alpha value is -1.48. The molecule has 0 radical (unpaired) electrons. The average Bonchev–Trinajstić information content (AvgIpc) is 2.94. The predicted octanol–water partition coefficient (Wildman–Crippen LogP) is -0.664. The molecule has 19 heavy (non-hydrogen) atoms. The lowest BCUT2D eigenvalue weighted by Crippen LogP contribution is -2.31. The lowest BCUT2D eigenvalue weighted by Gasteiger charge is -2.12. The Morgan fingerprint density at radius 2 is 2.11 bits per heavy atom. The molecule has 4 atom stereocenters. The summed E-state index contributed by atoms with van der Waals surface area (Å²) in [5, 5.41) is 26.5. The first-order valence-corrected chi connectivity index (χ1v) is 6.19. The van der Waals surface area contributed by atoms with Crippen molar-refractivity contribution in [1.82, 2.24) is 20.2 Å². The first-order valence-electron chi connectivity index (χ1n) is 5.65. The molecule has 0 aliphatic carbocycles. The fraction of sp³-hybridized carbons (Fsp3) is 0.500. The van der Waals surface area contributed by atoms with Crippen LogP contribution in [0.5, 0.6) is 0 Å². The van der Waals surface area contributed by atoms with Gasteiger partial charge in [-0.15, -0.1) is 11.6 Å². The number of aromatic nitrogens is 4. The number of hydrogen-bond donors (Lipinski definition) is 4. The first kappa shape index (κ1) is 12.5. The summed E-state index contributed by atoms with van der Waals surface area (Å²) in [7, 11) is 0. The van der Waals surface area contributed by atoms with Gasteiger partial charge in [-0.2, -0.15) is 5.10 Å². The van der Waals surface area contributed by atoms with E-state index in [0.29, 0.717) is 16.7 Å². The molecule has 0 amide bonds. The van der Waals surface area contributed by atoms with E-state index >= 15 is 0 Å². The number of fused-ring (bicyclic) bond motifs is 1. The van der Waals surface area contributed by atoms with Crippen LogP contribution in [-0.2, 0) is 4.74 Å². The van der Waals surface area contributed by atoms with Crippen molar-refractivity contribution < 1.29 is 14.9 Å². The summed E-state index contributed by atoms with van der Waals surface area (Å²) in [5.41, 5.74) is 6.98. The van der Waals surface area contributed by atoms with Gasteiger partial charge < -0.3 is 20.7 Å². The van der Waals surface area contributed by atoms with Crippen LogP contribution >= 0.6 is 11.6 Å². The van der Waals surface area contributed by atoms with Crippen LogP contribution in [0.2, 0.25) is 0 Å². The smallest absolute Gasteiger partial charge is 0.155 e. The zero-order chi connectivity index (χ0) is 13.6. The molecule has 1 aliphatic rings. The molecule has 0 aromatic carbocycles. The highest BCUT2D eigenvalue weighted by atomic mass is 35.5. The largest absolute Gasteiger partial charge is 0.388 e. The second-order valence-corrected chi connectivity index (χ2v) is 4.63. The number of ether oxygens (including phenoxy) is 1. The lowest BCUT2D eigenvalue weighted by atomic mass is 10.1. The normalized spacial score (nSPS) is 31.1. The molecule has 102 valence electrons. The van der Waals surface area contributed by atoms with Gasteiger partial charge in [-0.3, -0.25) is 5.10 Å². The number of aliphatic hydroxyl groups excluding tert-OH is 2. The Morgan fingerprint density at radius 1 is 1.32 bits per heavy atom. The minimum Gasteiger partial charge on any atom is -0.388 e. The summed E-state index contributed by atoms with van der Waals surface area (Å²) in [5.74, 6) is 0.312. The van der Waals surface area contributed by atoms with Crippen LogP contribution in [0, 0.1) is 0 Å². The van der Waals surface area contributed by atoms with Crippen LogP contribution in [0.3, 0.4) is 0 Å². The maximum absolute atomic E-state index is 10.0. The molecule has 5 N–H and O–H groups in total. The van der Waals surface area contributed by atoms with E-state index in [4.69, 9.17) is 22.1 Å². The topological polar surface area (TPSA) is 130 Å². The van der Waals surface area contributed by atoms with E-state index in [1.807, 2.05) is 0 Å². The van der Waals surface area contributed by atoms with E-state index in [0.717, 1.165) is 0 Å². The summed E-state index contributed by atoms with van der Waals surface area (Å²) in [6.45, 7) is 0. The van der Waals surface area contributed by atoms with E-state index < -0.39 is 24.4 Å². The summed E-state index contributed by atoms with van der Waals surface area (Å²) in [6.07, 6.45) is -2.28. The van der Waals surface area contributed by atoms with Gasteiger partial charge in [0.1, 0.15) is 36.3 Å². The Bertz CT molecular complexity index is 606. The van der Waals surface area contributed by atoms with Crippen LogP contribution in [0.15, 0.2) is 6.33 Å². The molecule has 9 heteroatoms. The summed E-state index contributed by atoms with van der Waals surface area (Å²) in [6, 6.07) is 0. The SMILES string of the molecule is Nc1ncnc2c(C3O[C@H](CCl)[C@@H](O)[C@H]3O)[nH]nc12. The van der Waals surface area contributed by atoms with Gasteiger partial charge in [-0.25, -0.2) is 9.97 Å². The Morgan fingerprint density at radius 3 is 2.79 bits per heavy atom. The Balaban J connectivity index is 2.04. The third-order valence-electron chi connectivity index (χ3n) is 3.19. The van der Waals surface area contributed by atoms with Gasteiger partial charge in [-0.05, 0) is 0 Å². The van der Waals surface area contributed by atoms with Gasteiger partial charge >= 0.3 is 0 Å². The molecule has 1 unspecified atom stereocenters. The van der Waals surface area contributed by atoms with Crippen molar-refractivity contribution >= 4 is 28.5 Å². The third kappa shape index (κ3) is 1.84. The minimum absolute atomic E-state index is 0.0813. The number of H-pyrrole nitrogens is 1. The highest BCUT2D eigenvalue weighted by Crippen LogP contribution is 2.35. The molecule has 2 aromatic rings. The van der Waals surface area contributed by atoms with Crippen LogP contribution < -0.4 is 5.73 Å². The monoisotopic (exact) mass is 285 g/mol. The number of aromatic amines is 1. The number of halogens is 1. The molecule has 0 saturated carbocycles. The number of alkyl halides is 1. The van der Waals surface area contributed by atoms with Gasteiger partial charge in [0.15, 0.2) is 11.3 Å². The first-order chi connectivity index (χ1) is 9.13. The van der Waals surface area contributed by atoms with E-state index in [1.165, 1.54) is 6.33 Å². The van der Waals surface area contributed by atoms with Gasteiger partial charge in [-0.1, -0.05) is 0 Å². The zero-order valence-electron chi connectivity index (χ0n) is 9.69. The summed E-state index contributed by atoms with van der Waals surface area (Å²) >= 11 is 5.67. The quantitative estimate of drug-likeness (QED) is 0.539. The summed E-state index contributed by atoms with van der Waals surface area (Å²) in [4.78, 5) is 7.89. The Kier molecular flexibility index (Phi) is 3.02. The standard InChI is InChI=1S/C10H12ClN5O3/c11-1-3-7(17)8(18)9(19-3)5-4-6(16-15-5)10(12)14-2-13-4/h2-3,7-9,17-18H,1H2,(H,15,16)(H2,12,13,14)/t3-,7-,8-,9?/m1/s1. The van der Waals surface area contributed by atoms with Crippen molar-refractivity contribution in [3.8, 4) is 0 Å². The van der Waals surface area contributed by atoms with Crippen LogP contribution in [-0.4, -0.2) is 54.6 Å². The maximum atomic E-state index is 10.0. The second-order valence-electron chi connectivity index (χ2n) is 4.32. The third-order valence-corrected chi connectivity index (χ3v) is 3.50. The number of nitrogens with zero attached hydrogens (tertiary/aromatic N) is 3. The van der Waals surface area contributed by atoms with Crippen molar-refractivity contribution in [3.05, 3.63) is 12.0 Å². The molecule has 1 saturated heterocycles. The molecule has 3 heterocycles. The minimum atomic E-state index is -1.11. The highest BCUT2D eigenvalue weighted by Gasteiger charge is 2.44. The number of anilines is 1. The van der Waals surface area contributed by atoms with Crippen molar-refractivity contribution in [1.29, 1.82) is 0 Å². The average molecular weight is 286 g/mol. The number of nitrogens with one attached hydrogen (secondary N) is 1. The number of hydrogen-bond acceptors (Lipinski definition) is 7. The zero-order valence-corrected chi connectivity index (χ0v) is 10.4. The van der Waals surface area contributed by atoms with E-state index in [9.17, 15) is 10.2 Å². The molecule has 1 aliphatic heterocycles. The molecule has 3 rings (SSSR count). The number of rotatable bonds is 2. The van der Waals surface area contributed by atoms with Crippen molar-refractivity contribution in [2.24, 2.45) is 0 Å². The molecule has 8 nitrogen and oxygen atoms in total. The molecule has 2 aromatic heterocycles. The number of nitrogens with two attached hydrogens (primary N) is 1. The predicted molar refractivity (Wildman–Crippen MR) is 66.4 cm³/mol. The fourth-order valence-corrected chi connectivity index (χ4v) is 2.44. The van der Waals surface area contributed by atoms with E-state index in [2.05, 4.69) is 20.2 Å². The molecule has 0 spiro atoms. The van der Waals surface area contributed by atoms with Crippen molar-refractivity contribution in [2.45, 2.75) is 24.4 Å². The van der Waals surface area contributed by atoms with E-state index in [1.54, 1.807) is 0 Å². The van der Waals surface area contributed by atoms with Crippen LogP contribution in [0.25, 0.3) is 11.0 Å². The lowest BCUT2D eigenvalue weighted by molar-refractivity contribution is 0.0142. The number of nitrogen functional groups attached to an aromatic ring is 1. The molecule has 0 bridgehead atoms. The van der Waals surface area contributed by atoms with Gasteiger partial charge in [0.2, 0.25) is 0 Å². The Labute approximate surface area is 112 Å². The van der Waals surface area contributed by atoms with Gasteiger partial charge in [0.05, 0.1) is 11.6 Å². The van der Waals surface area contributed by atoms with Crippen LogP contribution in [0.4, 0.5) is 5.82 Å². The molecule has 1 fully saturated rings. The number of aliphatic hydroxyl groups is 2. The maximum Gasteiger partial charge on any atom is 0.155 e. The molecular weight excluding hydrogens is 274 g/mol. The van der Waals surface area contributed by atoms with E-state index in [-0.39, 0.29) is 11.7 Å². The van der Waals surface area contributed by atoms with Gasteiger partial charge in [0, 0.05) is 0 Å². The van der Waals surface area contributed by atoms with Gasteiger partial charge in [0.25, 0.3) is 0 Å². The summed E-state index contributed by atoms with van der Waals surface area (Å²) < 4.78 is 5.52. The fourth-order valence-electron chi connectivity index (χ4n) is 2.18. The van der Waals surface area contributed by atoms with Crippen molar-refractivity contribution in [3.63, 3.8) is 0 Å². The highest BCUT2D eigenvalue weighted by molar-refractivity contribution is 6.18. The van der Waals surface area contributed by atoms with Crippen molar-refractivity contribution in [2.75, 3.05) is 11.6 Å². The second kappa shape index (κ2) is 4.57.